The molecule has 0 spiro atoms. The van der Waals surface area contributed by atoms with Gasteiger partial charge < -0.3 is 11.1 Å². The minimum absolute atomic E-state index is 0.0542. The average molecular weight is 253 g/mol. The Morgan fingerprint density at radius 3 is 2.65 bits per heavy atom. The summed E-state index contributed by atoms with van der Waals surface area (Å²) in [6, 6.07) is 6.14. The Morgan fingerprint density at radius 2 is 2.18 bits per heavy atom. The van der Waals surface area contributed by atoms with Crippen molar-refractivity contribution in [3.63, 3.8) is 0 Å². The van der Waals surface area contributed by atoms with Crippen LogP contribution in [0.2, 0.25) is 5.02 Å². The van der Waals surface area contributed by atoms with E-state index < -0.39 is 0 Å². The molecule has 0 aromatic heterocycles. The van der Waals surface area contributed by atoms with Gasteiger partial charge in [0.2, 0.25) is 0 Å². The molecule has 1 aliphatic rings. The molecule has 94 valence electrons. The van der Waals surface area contributed by atoms with Crippen molar-refractivity contribution in [3.8, 4) is 0 Å². The predicted octanol–water partition coefficient (Wildman–Crippen LogP) is 3.58. The fraction of sp³-hybridized carbons (Fsp3) is 0.571. The van der Waals surface area contributed by atoms with E-state index in [0.717, 1.165) is 28.6 Å². The van der Waals surface area contributed by atoms with Crippen LogP contribution in [0, 0.1) is 12.8 Å². The van der Waals surface area contributed by atoms with E-state index in [1.54, 1.807) is 0 Å². The van der Waals surface area contributed by atoms with Crippen molar-refractivity contribution in [1.29, 1.82) is 0 Å². The summed E-state index contributed by atoms with van der Waals surface area (Å²) in [5.74, 6) is 0.720. The maximum atomic E-state index is 6.15. The third-order valence-electron chi connectivity index (χ3n) is 3.92. The lowest BCUT2D eigenvalue weighted by atomic mass is 9.89. The van der Waals surface area contributed by atoms with Crippen molar-refractivity contribution < 1.29 is 0 Å². The van der Waals surface area contributed by atoms with E-state index in [9.17, 15) is 0 Å². The molecule has 3 heteroatoms. The lowest BCUT2D eigenvalue weighted by Gasteiger charge is -2.34. The number of rotatable bonds is 5. The van der Waals surface area contributed by atoms with E-state index in [-0.39, 0.29) is 5.54 Å². The SMILES string of the molecule is CCC(CN)(Nc1ccc(C)c(Cl)c1)C1CC1. The molecule has 0 radical (unpaired) electrons. The Bertz CT molecular complexity index is 395. The molecule has 1 aromatic rings. The predicted molar refractivity (Wildman–Crippen MR) is 74.6 cm³/mol. The molecule has 0 amide bonds. The number of aryl methyl sites for hydroxylation is 1. The second kappa shape index (κ2) is 4.87. The van der Waals surface area contributed by atoms with Crippen molar-refractivity contribution in [2.45, 2.75) is 38.6 Å². The fourth-order valence-electron chi connectivity index (χ4n) is 2.44. The van der Waals surface area contributed by atoms with Gasteiger partial charge in [0.25, 0.3) is 0 Å². The molecule has 1 saturated carbocycles. The number of hydrogen-bond donors (Lipinski definition) is 2. The van der Waals surface area contributed by atoms with Gasteiger partial charge in [0.15, 0.2) is 0 Å². The van der Waals surface area contributed by atoms with Crippen LogP contribution >= 0.6 is 11.6 Å². The molecule has 0 saturated heterocycles. The van der Waals surface area contributed by atoms with Crippen LogP contribution in [-0.2, 0) is 0 Å². The first kappa shape index (κ1) is 12.7. The van der Waals surface area contributed by atoms with E-state index in [4.69, 9.17) is 17.3 Å². The maximum absolute atomic E-state index is 6.15. The number of anilines is 1. The van der Waals surface area contributed by atoms with Crippen LogP contribution in [0.25, 0.3) is 0 Å². The van der Waals surface area contributed by atoms with E-state index in [1.165, 1.54) is 12.8 Å². The standard InChI is InChI=1S/C14H21ClN2/c1-3-14(9-16,11-5-6-11)17-12-7-4-10(2)13(15)8-12/h4,7-8,11,17H,3,5-6,9,16H2,1-2H3. The highest BCUT2D eigenvalue weighted by Crippen LogP contribution is 2.43. The molecule has 1 atom stereocenters. The van der Waals surface area contributed by atoms with Crippen LogP contribution < -0.4 is 11.1 Å². The quantitative estimate of drug-likeness (QED) is 0.841. The van der Waals surface area contributed by atoms with Crippen molar-refractivity contribution in [1.82, 2.24) is 0 Å². The zero-order valence-electron chi connectivity index (χ0n) is 10.6. The summed E-state index contributed by atoms with van der Waals surface area (Å²) in [4.78, 5) is 0. The van der Waals surface area contributed by atoms with Crippen molar-refractivity contribution in [2.75, 3.05) is 11.9 Å². The first-order chi connectivity index (χ1) is 8.11. The summed E-state index contributed by atoms with van der Waals surface area (Å²) in [5, 5.41) is 4.43. The van der Waals surface area contributed by atoms with Crippen LogP contribution in [0.4, 0.5) is 5.69 Å². The molecule has 1 aromatic carbocycles. The number of hydrogen-bond acceptors (Lipinski definition) is 2. The molecule has 1 aliphatic carbocycles. The summed E-state index contributed by atoms with van der Waals surface area (Å²) < 4.78 is 0. The Kier molecular flexibility index (Phi) is 3.64. The van der Waals surface area contributed by atoms with Gasteiger partial charge in [-0.05, 0) is 49.8 Å². The zero-order chi connectivity index (χ0) is 12.5. The van der Waals surface area contributed by atoms with Gasteiger partial charge in [0.05, 0.1) is 5.54 Å². The third kappa shape index (κ3) is 2.58. The molecule has 2 nitrogen and oxygen atoms in total. The van der Waals surface area contributed by atoms with Crippen LogP contribution in [0.3, 0.4) is 0 Å². The molecular formula is C14H21ClN2. The van der Waals surface area contributed by atoms with Crippen LogP contribution in [0.15, 0.2) is 18.2 Å². The first-order valence-electron chi connectivity index (χ1n) is 6.35. The Balaban J connectivity index is 2.19. The van der Waals surface area contributed by atoms with E-state index in [2.05, 4.69) is 24.4 Å². The minimum Gasteiger partial charge on any atom is -0.378 e. The van der Waals surface area contributed by atoms with Crippen LogP contribution in [0.5, 0.6) is 0 Å². The van der Waals surface area contributed by atoms with Gasteiger partial charge in [-0.25, -0.2) is 0 Å². The van der Waals surface area contributed by atoms with Crippen molar-refractivity contribution in [3.05, 3.63) is 28.8 Å². The van der Waals surface area contributed by atoms with Crippen molar-refractivity contribution >= 4 is 17.3 Å². The molecule has 0 bridgehead atoms. The van der Waals surface area contributed by atoms with Gasteiger partial charge in [0.1, 0.15) is 0 Å². The second-order valence-corrected chi connectivity index (χ2v) is 5.48. The number of halogens is 1. The smallest absolute Gasteiger partial charge is 0.0521 e. The lowest BCUT2D eigenvalue weighted by Crippen LogP contribution is -2.47. The monoisotopic (exact) mass is 252 g/mol. The summed E-state index contributed by atoms with van der Waals surface area (Å²) in [6.07, 6.45) is 3.63. The molecule has 0 aliphatic heterocycles. The topological polar surface area (TPSA) is 38.0 Å². The summed E-state index contributed by atoms with van der Waals surface area (Å²) in [6.45, 7) is 4.90. The Morgan fingerprint density at radius 1 is 1.47 bits per heavy atom. The molecule has 17 heavy (non-hydrogen) atoms. The number of nitrogens with two attached hydrogens (primary N) is 1. The minimum atomic E-state index is 0.0542. The Hall–Kier alpha value is -0.730. The first-order valence-corrected chi connectivity index (χ1v) is 6.73. The van der Waals surface area contributed by atoms with E-state index in [0.29, 0.717) is 6.54 Å². The van der Waals surface area contributed by atoms with Crippen LogP contribution in [0.1, 0.15) is 31.7 Å². The fourth-order valence-corrected chi connectivity index (χ4v) is 2.62. The normalized spacial score (nSPS) is 18.8. The number of benzene rings is 1. The highest BCUT2D eigenvalue weighted by molar-refractivity contribution is 6.31. The highest BCUT2D eigenvalue weighted by Gasteiger charge is 2.42. The number of nitrogens with one attached hydrogen (secondary N) is 1. The molecular weight excluding hydrogens is 232 g/mol. The van der Waals surface area contributed by atoms with E-state index >= 15 is 0 Å². The maximum Gasteiger partial charge on any atom is 0.0521 e. The van der Waals surface area contributed by atoms with Gasteiger partial charge in [-0.3, -0.25) is 0 Å². The van der Waals surface area contributed by atoms with E-state index in [1.807, 2.05) is 13.0 Å². The molecule has 1 fully saturated rings. The molecule has 2 rings (SSSR count). The van der Waals surface area contributed by atoms with Gasteiger partial charge in [0, 0.05) is 17.3 Å². The largest absolute Gasteiger partial charge is 0.378 e. The van der Waals surface area contributed by atoms with Gasteiger partial charge in [-0.15, -0.1) is 0 Å². The third-order valence-corrected chi connectivity index (χ3v) is 4.33. The molecule has 0 heterocycles. The van der Waals surface area contributed by atoms with Gasteiger partial charge in [-0.2, -0.15) is 0 Å². The summed E-state index contributed by atoms with van der Waals surface area (Å²) >= 11 is 6.15. The average Bonchev–Trinajstić information content (AvgIpc) is 3.15. The van der Waals surface area contributed by atoms with Crippen molar-refractivity contribution in [2.24, 2.45) is 11.7 Å². The lowest BCUT2D eigenvalue weighted by molar-refractivity contribution is 0.404. The highest BCUT2D eigenvalue weighted by atomic mass is 35.5. The summed E-state index contributed by atoms with van der Waals surface area (Å²) in [7, 11) is 0. The van der Waals surface area contributed by atoms with Gasteiger partial charge in [-0.1, -0.05) is 24.6 Å². The summed E-state index contributed by atoms with van der Waals surface area (Å²) in [5.41, 5.74) is 8.23. The zero-order valence-corrected chi connectivity index (χ0v) is 11.3. The van der Waals surface area contributed by atoms with Gasteiger partial charge >= 0.3 is 0 Å². The molecule has 1 unspecified atom stereocenters. The molecule has 3 N–H and O–H groups in total. The van der Waals surface area contributed by atoms with Crippen LogP contribution in [-0.4, -0.2) is 12.1 Å². The second-order valence-electron chi connectivity index (χ2n) is 5.08. The Labute approximate surface area is 109 Å².